The van der Waals surface area contributed by atoms with Crippen LogP contribution >= 0.6 is 15.9 Å². The van der Waals surface area contributed by atoms with E-state index < -0.39 is 5.91 Å². The highest BCUT2D eigenvalue weighted by molar-refractivity contribution is 9.10. The van der Waals surface area contributed by atoms with Crippen molar-refractivity contribution in [2.75, 3.05) is 19.5 Å². The molecule has 0 aliphatic rings. The molecular weight excluding hydrogens is 460 g/mol. The van der Waals surface area contributed by atoms with Gasteiger partial charge >= 0.3 is 0 Å². The smallest absolute Gasteiger partial charge is 0.295 e. The Hall–Kier alpha value is -3.65. The third kappa shape index (κ3) is 4.44. The summed E-state index contributed by atoms with van der Waals surface area (Å²) in [6.45, 7) is 0. The number of halogens is 1. The molecule has 3 aromatic carbocycles. The third-order valence-corrected chi connectivity index (χ3v) is 5.11. The van der Waals surface area contributed by atoms with E-state index in [0.717, 1.165) is 21.5 Å². The molecular formula is C23H19BrN4O3. The lowest BCUT2D eigenvalue weighted by Gasteiger charge is -2.08. The van der Waals surface area contributed by atoms with E-state index in [-0.39, 0.29) is 5.82 Å². The summed E-state index contributed by atoms with van der Waals surface area (Å²) in [5.41, 5.74) is 2.12. The fourth-order valence-corrected chi connectivity index (χ4v) is 3.29. The molecule has 4 aromatic rings. The van der Waals surface area contributed by atoms with Crippen LogP contribution in [0.1, 0.15) is 10.6 Å². The van der Waals surface area contributed by atoms with Gasteiger partial charge in [0.05, 0.1) is 25.6 Å². The van der Waals surface area contributed by atoms with Crippen LogP contribution in [0.15, 0.2) is 77.3 Å². The van der Waals surface area contributed by atoms with Crippen LogP contribution in [0.3, 0.4) is 0 Å². The summed E-state index contributed by atoms with van der Waals surface area (Å²) in [5.74, 6) is 1.43. The molecule has 1 aromatic heterocycles. The molecule has 0 saturated heterocycles. The Bertz CT molecular complexity index is 1200. The van der Waals surface area contributed by atoms with Crippen LogP contribution in [0.4, 0.5) is 5.69 Å². The van der Waals surface area contributed by atoms with E-state index in [1.54, 1.807) is 31.0 Å². The topological polar surface area (TPSA) is 78.3 Å². The average molecular weight is 479 g/mol. The average Bonchev–Trinajstić information content (AvgIpc) is 3.25. The Labute approximate surface area is 187 Å². The van der Waals surface area contributed by atoms with E-state index in [1.807, 2.05) is 60.7 Å². The van der Waals surface area contributed by atoms with Crippen molar-refractivity contribution in [3.05, 3.63) is 83.1 Å². The normalized spacial score (nSPS) is 10.5. The van der Waals surface area contributed by atoms with E-state index in [1.165, 1.54) is 0 Å². The van der Waals surface area contributed by atoms with Crippen molar-refractivity contribution in [2.45, 2.75) is 0 Å². The number of amides is 1. The molecule has 0 bridgehead atoms. The Balaban J connectivity index is 1.75. The number of aromatic nitrogens is 3. The van der Waals surface area contributed by atoms with Crippen molar-refractivity contribution in [2.24, 2.45) is 0 Å². The molecule has 31 heavy (non-hydrogen) atoms. The zero-order valence-corrected chi connectivity index (χ0v) is 18.5. The van der Waals surface area contributed by atoms with E-state index in [4.69, 9.17) is 9.47 Å². The summed E-state index contributed by atoms with van der Waals surface area (Å²) in [4.78, 5) is 17.5. The van der Waals surface area contributed by atoms with Crippen LogP contribution in [0, 0.1) is 0 Å². The van der Waals surface area contributed by atoms with Gasteiger partial charge in [0.1, 0.15) is 11.5 Å². The number of ether oxygens (including phenoxy) is 2. The number of carbonyl (C=O) groups excluding carboxylic acids is 1. The summed E-state index contributed by atoms with van der Waals surface area (Å²) in [7, 11) is 3.16. The number of carbonyl (C=O) groups is 1. The number of rotatable bonds is 6. The maximum absolute atomic E-state index is 12.9. The Kier molecular flexibility index (Phi) is 5.99. The van der Waals surface area contributed by atoms with Crippen molar-refractivity contribution in [3.8, 4) is 28.6 Å². The van der Waals surface area contributed by atoms with Gasteiger partial charge in [-0.15, -0.1) is 5.10 Å². The molecule has 8 heteroatoms. The second kappa shape index (κ2) is 9.01. The molecule has 0 atom stereocenters. The van der Waals surface area contributed by atoms with Crippen LogP contribution in [0.2, 0.25) is 0 Å². The fraction of sp³-hybridized carbons (Fsp3) is 0.0870. The van der Waals surface area contributed by atoms with Gasteiger partial charge in [-0.3, -0.25) is 4.79 Å². The van der Waals surface area contributed by atoms with Gasteiger partial charge in [0.15, 0.2) is 5.82 Å². The van der Waals surface area contributed by atoms with Crippen molar-refractivity contribution < 1.29 is 14.3 Å². The minimum Gasteiger partial charge on any atom is -0.497 e. The number of hydrogen-bond donors (Lipinski definition) is 1. The molecule has 0 saturated carbocycles. The highest BCUT2D eigenvalue weighted by atomic mass is 79.9. The molecule has 0 fully saturated rings. The van der Waals surface area contributed by atoms with Crippen molar-refractivity contribution in [1.82, 2.24) is 14.8 Å². The lowest BCUT2D eigenvalue weighted by atomic mass is 10.2. The Morgan fingerprint density at radius 1 is 0.935 bits per heavy atom. The largest absolute Gasteiger partial charge is 0.497 e. The van der Waals surface area contributed by atoms with Gasteiger partial charge in [0.25, 0.3) is 5.91 Å². The lowest BCUT2D eigenvalue weighted by Crippen LogP contribution is -2.15. The van der Waals surface area contributed by atoms with Crippen LogP contribution in [0.5, 0.6) is 11.5 Å². The molecule has 1 amide bonds. The zero-order valence-electron chi connectivity index (χ0n) is 16.9. The van der Waals surface area contributed by atoms with Crippen LogP contribution in [0.25, 0.3) is 17.1 Å². The Morgan fingerprint density at radius 3 is 2.32 bits per heavy atom. The molecule has 156 valence electrons. The first-order chi connectivity index (χ1) is 15.1. The standard InChI is InChI=1S/C23H19BrN4O3/c1-30-18-13-11-17(12-14-18)28-22(15-7-9-16(24)10-8-15)26-21(27-28)23(29)25-19-5-3-4-6-20(19)31-2/h3-14H,1-2H3,(H,25,29). The van der Waals surface area contributed by atoms with Crippen molar-refractivity contribution >= 4 is 27.5 Å². The van der Waals surface area contributed by atoms with Gasteiger partial charge in [-0.1, -0.05) is 40.2 Å². The first-order valence-electron chi connectivity index (χ1n) is 9.41. The number of nitrogens with zero attached hydrogens (tertiary/aromatic N) is 3. The highest BCUT2D eigenvalue weighted by Gasteiger charge is 2.20. The number of nitrogens with one attached hydrogen (secondary N) is 1. The van der Waals surface area contributed by atoms with E-state index in [0.29, 0.717) is 17.3 Å². The molecule has 0 spiro atoms. The monoisotopic (exact) mass is 478 g/mol. The van der Waals surface area contributed by atoms with Gasteiger partial charge in [-0.25, -0.2) is 9.67 Å². The summed E-state index contributed by atoms with van der Waals surface area (Å²) in [5, 5.41) is 7.31. The quantitative estimate of drug-likeness (QED) is 0.423. The summed E-state index contributed by atoms with van der Waals surface area (Å²) < 4.78 is 13.1. The maximum Gasteiger partial charge on any atom is 0.295 e. The summed E-state index contributed by atoms with van der Waals surface area (Å²) in [6.07, 6.45) is 0. The second-order valence-corrected chi connectivity index (χ2v) is 7.45. The molecule has 1 N–H and O–H groups in total. The minimum absolute atomic E-state index is 0.0413. The minimum atomic E-state index is -0.435. The molecule has 1 heterocycles. The second-order valence-electron chi connectivity index (χ2n) is 6.53. The van der Waals surface area contributed by atoms with Crippen LogP contribution in [-0.4, -0.2) is 34.9 Å². The number of para-hydroxylation sites is 2. The molecule has 0 aliphatic carbocycles. The number of anilines is 1. The van der Waals surface area contributed by atoms with Gasteiger partial charge in [0.2, 0.25) is 5.82 Å². The van der Waals surface area contributed by atoms with Gasteiger partial charge in [-0.2, -0.15) is 0 Å². The summed E-state index contributed by atoms with van der Waals surface area (Å²) in [6, 6.07) is 22.2. The highest BCUT2D eigenvalue weighted by Crippen LogP contribution is 2.26. The molecule has 0 radical (unpaired) electrons. The predicted octanol–water partition coefficient (Wildman–Crippen LogP) is 4.97. The zero-order chi connectivity index (χ0) is 21.8. The van der Waals surface area contributed by atoms with E-state index in [2.05, 4.69) is 31.3 Å². The molecule has 0 unspecified atom stereocenters. The molecule has 7 nitrogen and oxygen atoms in total. The van der Waals surface area contributed by atoms with E-state index >= 15 is 0 Å². The van der Waals surface area contributed by atoms with Gasteiger partial charge < -0.3 is 14.8 Å². The lowest BCUT2D eigenvalue weighted by molar-refractivity contribution is 0.101. The Morgan fingerprint density at radius 2 is 1.65 bits per heavy atom. The fourth-order valence-electron chi connectivity index (χ4n) is 3.02. The first kappa shape index (κ1) is 20.6. The number of benzene rings is 3. The number of methoxy groups -OCH3 is 2. The van der Waals surface area contributed by atoms with Crippen molar-refractivity contribution in [3.63, 3.8) is 0 Å². The van der Waals surface area contributed by atoms with E-state index in [9.17, 15) is 4.79 Å². The van der Waals surface area contributed by atoms with Crippen LogP contribution < -0.4 is 14.8 Å². The van der Waals surface area contributed by atoms with Gasteiger partial charge in [0, 0.05) is 10.0 Å². The summed E-state index contributed by atoms with van der Waals surface area (Å²) >= 11 is 3.44. The van der Waals surface area contributed by atoms with Crippen LogP contribution in [-0.2, 0) is 0 Å². The molecule has 0 aliphatic heterocycles. The predicted molar refractivity (Wildman–Crippen MR) is 122 cm³/mol. The number of hydrogen-bond acceptors (Lipinski definition) is 5. The SMILES string of the molecule is COc1ccc(-n2nc(C(=O)Nc3ccccc3OC)nc2-c2ccc(Br)cc2)cc1. The van der Waals surface area contributed by atoms with Gasteiger partial charge in [-0.05, 0) is 48.5 Å². The maximum atomic E-state index is 12.9. The third-order valence-electron chi connectivity index (χ3n) is 4.58. The molecule has 4 rings (SSSR count). The van der Waals surface area contributed by atoms with Crippen molar-refractivity contribution in [1.29, 1.82) is 0 Å². The first-order valence-corrected chi connectivity index (χ1v) is 10.2.